The van der Waals surface area contributed by atoms with Gasteiger partial charge in [0.15, 0.2) is 11.5 Å². The van der Waals surface area contributed by atoms with E-state index in [1.807, 2.05) is 26.0 Å². The third kappa shape index (κ3) is 5.90. The average Bonchev–Trinajstić information content (AvgIpc) is 3.37. The first kappa shape index (κ1) is 28.5. The Labute approximate surface area is 232 Å². The SMILES string of the molecule is COc1cccc([C@H]2O[C@H](CCn3cccc3C(=O)O)C(=O)N(CC(C)(C)CO)c3ccc(Cl)cc32)c1OC. The van der Waals surface area contributed by atoms with Gasteiger partial charge in [0, 0.05) is 59.6 Å². The van der Waals surface area contributed by atoms with E-state index in [2.05, 4.69) is 0 Å². The van der Waals surface area contributed by atoms with Gasteiger partial charge < -0.3 is 33.9 Å². The molecule has 2 N–H and O–H groups in total. The molecule has 1 aliphatic rings. The summed E-state index contributed by atoms with van der Waals surface area (Å²) in [5, 5.41) is 20.0. The first-order valence-electron chi connectivity index (χ1n) is 12.6. The highest BCUT2D eigenvalue weighted by molar-refractivity contribution is 6.30. The van der Waals surface area contributed by atoms with Crippen LogP contribution in [0.1, 0.15) is 48.0 Å². The van der Waals surface area contributed by atoms with Gasteiger partial charge in [0.2, 0.25) is 0 Å². The monoisotopic (exact) mass is 556 g/mol. The zero-order valence-electron chi connectivity index (χ0n) is 22.4. The van der Waals surface area contributed by atoms with Gasteiger partial charge in [-0.2, -0.15) is 0 Å². The summed E-state index contributed by atoms with van der Waals surface area (Å²) < 4.78 is 19.4. The summed E-state index contributed by atoms with van der Waals surface area (Å²) in [7, 11) is 3.08. The minimum atomic E-state index is -1.06. The van der Waals surface area contributed by atoms with Crippen molar-refractivity contribution in [2.24, 2.45) is 5.41 Å². The van der Waals surface area contributed by atoms with Crippen LogP contribution < -0.4 is 14.4 Å². The molecular weight excluding hydrogens is 524 g/mol. The van der Waals surface area contributed by atoms with Crippen molar-refractivity contribution in [3.05, 3.63) is 76.6 Å². The average molecular weight is 557 g/mol. The molecule has 39 heavy (non-hydrogen) atoms. The summed E-state index contributed by atoms with van der Waals surface area (Å²) in [4.78, 5) is 27.4. The molecule has 4 rings (SSSR count). The molecule has 1 aliphatic heterocycles. The number of carbonyl (C=O) groups is 2. The van der Waals surface area contributed by atoms with Crippen molar-refractivity contribution in [2.45, 2.75) is 39.0 Å². The largest absolute Gasteiger partial charge is 0.493 e. The number of halogens is 1. The number of aryl methyl sites for hydroxylation is 1. The fourth-order valence-electron chi connectivity index (χ4n) is 4.82. The number of aliphatic hydroxyl groups is 1. The number of hydrogen-bond donors (Lipinski definition) is 2. The van der Waals surface area contributed by atoms with E-state index in [0.29, 0.717) is 33.3 Å². The van der Waals surface area contributed by atoms with Crippen molar-refractivity contribution in [3.8, 4) is 11.5 Å². The fourth-order valence-corrected chi connectivity index (χ4v) is 5.00. The van der Waals surface area contributed by atoms with Crippen molar-refractivity contribution in [3.63, 3.8) is 0 Å². The van der Waals surface area contributed by atoms with Crippen LogP contribution >= 0.6 is 11.6 Å². The van der Waals surface area contributed by atoms with Crippen molar-refractivity contribution < 1.29 is 34.0 Å². The molecule has 9 nitrogen and oxygen atoms in total. The van der Waals surface area contributed by atoms with Crippen LogP contribution in [-0.4, -0.2) is 60.1 Å². The van der Waals surface area contributed by atoms with Crippen LogP contribution in [-0.2, 0) is 16.1 Å². The second-order valence-corrected chi connectivity index (χ2v) is 10.7. The Kier molecular flexibility index (Phi) is 8.54. The molecule has 1 amide bonds. The summed E-state index contributed by atoms with van der Waals surface area (Å²) in [5.74, 6) is -0.384. The quantitative estimate of drug-likeness (QED) is 0.369. The first-order valence-corrected chi connectivity index (χ1v) is 12.9. The molecule has 0 unspecified atom stereocenters. The van der Waals surface area contributed by atoms with Gasteiger partial charge in [0.05, 0.1) is 14.2 Å². The van der Waals surface area contributed by atoms with Crippen molar-refractivity contribution in [1.29, 1.82) is 0 Å². The van der Waals surface area contributed by atoms with Crippen LogP contribution in [0.25, 0.3) is 0 Å². The van der Waals surface area contributed by atoms with Crippen molar-refractivity contribution in [1.82, 2.24) is 4.57 Å². The van der Waals surface area contributed by atoms with Gasteiger partial charge in [-0.25, -0.2) is 4.79 Å². The van der Waals surface area contributed by atoms with Gasteiger partial charge in [-0.3, -0.25) is 4.79 Å². The van der Waals surface area contributed by atoms with Gasteiger partial charge in [-0.15, -0.1) is 0 Å². The highest BCUT2D eigenvalue weighted by Crippen LogP contribution is 2.45. The smallest absolute Gasteiger partial charge is 0.352 e. The zero-order valence-corrected chi connectivity index (χ0v) is 23.1. The molecule has 0 radical (unpaired) electrons. The van der Waals surface area contributed by atoms with E-state index in [4.69, 9.17) is 25.8 Å². The molecule has 0 saturated carbocycles. The van der Waals surface area contributed by atoms with Gasteiger partial charge in [0.25, 0.3) is 5.91 Å². The van der Waals surface area contributed by atoms with Gasteiger partial charge in [-0.1, -0.05) is 37.6 Å². The summed E-state index contributed by atoms with van der Waals surface area (Å²) in [5.41, 5.74) is 1.42. The normalized spacial score (nSPS) is 17.5. The minimum Gasteiger partial charge on any atom is -0.493 e. The first-order chi connectivity index (χ1) is 18.6. The molecule has 0 bridgehead atoms. The van der Waals surface area contributed by atoms with Crippen LogP contribution in [0.15, 0.2) is 54.7 Å². The van der Waals surface area contributed by atoms with Crippen LogP contribution in [0.4, 0.5) is 5.69 Å². The number of rotatable bonds is 10. The predicted molar refractivity (Wildman–Crippen MR) is 147 cm³/mol. The molecule has 2 atom stereocenters. The number of carbonyl (C=O) groups excluding carboxylic acids is 1. The lowest BCUT2D eigenvalue weighted by molar-refractivity contribution is -0.133. The summed E-state index contributed by atoms with van der Waals surface area (Å²) in [6.45, 7) is 4.07. The van der Waals surface area contributed by atoms with E-state index in [1.165, 1.54) is 13.2 Å². The Morgan fingerprint density at radius 3 is 2.54 bits per heavy atom. The van der Waals surface area contributed by atoms with Gasteiger partial charge >= 0.3 is 5.97 Å². The second kappa shape index (κ2) is 11.7. The number of carboxylic acid groups (broad SMARTS) is 1. The molecule has 0 aliphatic carbocycles. The topological polar surface area (TPSA) is 110 Å². The van der Waals surface area contributed by atoms with Crippen molar-refractivity contribution in [2.75, 3.05) is 32.3 Å². The molecule has 0 saturated heterocycles. The fraction of sp³-hybridized carbons (Fsp3) is 0.379. The number of para-hydroxylation sites is 1. The molecule has 10 heteroatoms. The lowest BCUT2D eigenvalue weighted by atomic mass is 9.92. The number of fused-ring (bicyclic) bond motifs is 1. The van der Waals surface area contributed by atoms with E-state index < -0.39 is 23.6 Å². The summed E-state index contributed by atoms with van der Waals surface area (Å²) >= 11 is 6.46. The standard InChI is InChI=1S/C29H33ClN2O7/c1-29(2,17-33)16-32-21-11-10-18(30)15-20(21)25(19-7-5-9-23(37-3)26(19)38-4)39-24(27(32)34)12-14-31-13-6-8-22(31)28(35)36/h5-11,13,15,24-25,33H,12,14,16-17H2,1-4H3,(H,35,36)/t24-,25-/m1/s1. The molecule has 3 aromatic rings. The summed E-state index contributed by atoms with van der Waals surface area (Å²) in [6.07, 6.45) is 0.155. The zero-order chi connectivity index (χ0) is 28.3. The number of aliphatic hydroxyl groups excluding tert-OH is 1. The van der Waals surface area contributed by atoms with Crippen LogP contribution in [0.2, 0.25) is 5.02 Å². The van der Waals surface area contributed by atoms with Gasteiger partial charge in [-0.05, 0) is 36.4 Å². The Hall–Kier alpha value is -3.53. The number of nitrogens with zero attached hydrogens (tertiary/aromatic N) is 2. The van der Waals surface area contributed by atoms with Gasteiger partial charge in [0.1, 0.15) is 17.9 Å². The number of hydrogen-bond acceptors (Lipinski definition) is 6. The van der Waals surface area contributed by atoms with E-state index in [9.17, 15) is 19.8 Å². The molecule has 0 fully saturated rings. The molecule has 1 aromatic heterocycles. The Morgan fingerprint density at radius 1 is 1.10 bits per heavy atom. The third-order valence-corrected chi connectivity index (χ3v) is 7.05. The van der Waals surface area contributed by atoms with Crippen LogP contribution in [0, 0.1) is 5.41 Å². The molecular formula is C29H33ClN2O7. The lowest BCUT2D eigenvalue weighted by Crippen LogP contribution is -2.45. The molecule has 2 heterocycles. The Bertz CT molecular complexity index is 1350. The highest BCUT2D eigenvalue weighted by Gasteiger charge is 2.39. The maximum absolute atomic E-state index is 14.1. The maximum atomic E-state index is 14.1. The number of aromatic carboxylic acids is 1. The number of ether oxygens (including phenoxy) is 3. The lowest BCUT2D eigenvalue weighted by Gasteiger charge is -2.32. The minimum absolute atomic E-state index is 0.121. The Balaban J connectivity index is 1.85. The van der Waals surface area contributed by atoms with E-state index in [0.717, 1.165) is 0 Å². The number of amides is 1. The number of benzene rings is 2. The third-order valence-electron chi connectivity index (χ3n) is 6.82. The Morgan fingerprint density at radius 2 is 1.87 bits per heavy atom. The highest BCUT2D eigenvalue weighted by atomic mass is 35.5. The molecule has 0 spiro atoms. The molecule has 208 valence electrons. The predicted octanol–water partition coefficient (Wildman–Crippen LogP) is 4.79. The van der Waals surface area contributed by atoms with E-state index in [-0.39, 0.29) is 37.7 Å². The second-order valence-electron chi connectivity index (χ2n) is 10.2. The van der Waals surface area contributed by atoms with E-state index in [1.54, 1.807) is 53.1 Å². The van der Waals surface area contributed by atoms with Crippen LogP contribution in [0.3, 0.4) is 0 Å². The van der Waals surface area contributed by atoms with Crippen LogP contribution in [0.5, 0.6) is 11.5 Å². The maximum Gasteiger partial charge on any atom is 0.352 e. The summed E-state index contributed by atoms with van der Waals surface area (Å²) in [6, 6.07) is 13.9. The number of aromatic nitrogens is 1. The van der Waals surface area contributed by atoms with Crippen molar-refractivity contribution >= 4 is 29.2 Å². The molecule has 2 aromatic carbocycles. The number of anilines is 1. The van der Waals surface area contributed by atoms with E-state index >= 15 is 0 Å². The number of carboxylic acids is 1. The number of methoxy groups -OCH3 is 2.